The Hall–Kier alpha value is -4.02. The lowest BCUT2D eigenvalue weighted by molar-refractivity contribution is -0.132. The van der Waals surface area contributed by atoms with E-state index in [4.69, 9.17) is 4.74 Å². The second-order valence-corrected chi connectivity index (χ2v) is 11.2. The monoisotopic (exact) mass is 561 g/mol. The van der Waals surface area contributed by atoms with Gasteiger partial charge in [-0.25, -0.2) is 4.39 Å². The molecule has 1 unspecified atom stereocenters. The van der Waals surface area contributed by atoms with Crippen molar-refractivity contribution in [3.8, 4) is 5.75 Å². The number of aromatic nitrogens is 2. The lowest BCUT2D eigenvalue weighted by Gasteiger charge is -2.23. The van der Waals surface area contributed by atoms with Crippen LogP contribution < -0.4 is 9.64 Å². The normalized spacial score (nSPS) is 16.6. The third-order valence-corrected chi connectivity index (χ3v) is 8.51. The van der Waals surface area contributed by atoms with E-state index in [-0.39, 0.29) is 22.3 Å². The van der Waals surface area contributed by atoms with Crippen molar-refractivity contribution >= 4 is 45.7 Å². The van der Waals surface area contributed by atoms with Crippen LogP contribution in [0.3, 0.4) is 0 Å². The summed E-state index contributed by atoms with van der Waals surface area (Å²) in [5, 5.41) is 20.1. The zero-order chi connectivity index (χ0) is 27.7. The minimum Gasteiger partial charge on any atom is -0.507 e. The first kappa shape index (κ1) is 26.6. The van der Waals surface area contributed by atoms with Gasteiger partial charge in [0.15, 0.2) is 4.34 Å². The van der Waals surface area contributed by atoms with E-state index in [0.717, 1.165) is 16.7 Å². The number of halogens is 1. The van der Waals surface area contributed by atoms with Crippen LogP contribution in [-0.4, -0.2) is 34.1 Å². The van der Waals surface area contributed by atoms with Gasteiger partial charge >= 0.3 is 5.91 Å². The van der Waals surface area contributed by atoms with Crippen LogP contribution in [0.15, 0.2) is 76.6 Å². The highest BCUT2D eigenvalue weighted by Crippen LogP contribution is 2.45. The topological polar surface area (TPSA) is 92.6 Å². The van der Waals surface area contributed by atoms with Crippen LogP contribution in [0.5, 0.6) is 5.75 Å². The average Bonchev–Trinajstić information content (AvgIpc) is 3.51. The molecule has 1 atom stereocenters. The number of carbonyl (C=O) groups is 2. The molecule has 39 heavy (non-hydrogen) atoms. The highest BCUT2D eigenvalue weighted by molar-refractivity contribution is 8.00. The third-order valence-electron chi connectivity index (χ3n) is 6.38. The predicted octanol–water partition coefficient (Wildman–Crippen LogP) is 6.22. The van der Waals surface area contributed by atoms with Crippen LogP contribution in [0.2, 0.25) is 0 Å². The lowest BCUT2D eigenvalue weighted by Crippen LogP contribution is -2.29. The molecule has 0 bridgehead atoms. The summed E-state index contributed by atoms with van der Waals surface area (Å²) in [7, 11) is 1.53. The number of nitrogens with zero attached hydrogens (tertiary/aromatic N) is 3. The van der Waals surface area contributed by atoms with Gasteiger partial charge in [0.25, 0.3) is 5.78 Å². The number of rotatable bonds is 7. The van der Waals surface area contributed by atoms with E-state index >= 15 is 0 Å². The number of thioether (sulfide) groups is 1. The first-order valence-corrected chi connectivity index (χ1v) is 13.8. The fourth-order valence-corrected chi connectivity index (χ4v) is 6.20. The van der Waals surface area contributed by atoms with Gasteiger partial charge in [0, 0.05) is 11.3 Å². The molecule has 1 aromatic heterocycles. The number of hydrogen-bond donors (Lipinski definition) is 1. The maximum atomic E-state index is 13.5. The van der Waals surface area contributed by atoms with E-state index in [9.17, 15) is 19.1 Å². The number of anilines is 1. The predicted molar refractivity (Wildman–Crippen MR) is 150 cm³/mol. The summed E-state index contributed by atoms with van der Waals surface area (Å²) in [5.74, 6) is -1.11. The molecule has 0 radical (unpaired) electrons. The SMILES string of the molecule is COc1cccc(C2/C(=C(\O)c3cc(C)ccc3C)C(=O)C(=O)N2c2nnc(SCc3ccc(F)cc3)s2)c1. The lowest BCUT2D eigenvalue weighted by atomic mass is 9.93. The fourth-order valence-electron chi connectivity index (χ4n) is 4.38. The minimum atomic E-state index is -0.942. The molecule has 1 N–H and O–H groups in total. The molecule has 1 aliphatic rings. The molecule has 5 rings (SSSR count). The van der Waals surface area contributed by atoms with Gasteiger partial charge in [0.2, 0.25) is 5.13 Å². The Balaban J connectivity index is 1.57. The zero-order valence-electron chi connectivity index (χ0n) is 21.3. The number of aryl methyl sites for hydroxylation is 2. The molecule has 0 aliphatic carbocycles. The highest BCUT2D eigenvalue weighted by Gasteiger charge is 2.48. The number of methoxy groups -OCH3 is 1. The van der Waals surface area contributed by atoms with E-state index in [0.29, 0.717) is 27.0 Å². The fraction of sp³-hybridized carbons (Fsp3) is 0.172. The van der Waals surface area contributed by atoms with Crippen molar-refractivity contribution in [2.24, 2.45) is 0 Å². The molecule has 1 fully saturated rings. The molecule has 7 nitrogen and oxygen atoms in total. The summed E-state index contributed by atoms with van der Waals surface area (Å²) >= 11 is 2.56. The van der Waals surface area contributed by atoms with Gasteiger partial charge in [-0.05, 0) is 60.9 Å². The minimum absolute atomic E-state index is 0.0299. The Morgan fingerprint density at radius 3 is 2.59 bits per heavy atom. The number of ketones is 1. The van der Waals surface area contributed by atoms with Gasteiger partial charge in [-0.1, -0.05) is 65.1 Å². The van der Waals surface area contributed by atoms with Crippen molar-refractivity contribution < 1.29 is 23.8 Å². The zero-order valence-corrected chi connectivity index (χ0v) is 23.0. The maximum absolute atomic E-state index is 13.5. The Bertz CT molecular complexity index is 1600. The van der Waals surface area contributed by atoms with Crippen LogP contribution >= 0.6 is 23.1 Å². The number of aliphatic hydroxyl groups excluding tert-OH is 1. The van der Waals surface area contributed by atoms with Gasteiger partial charge in [0.05, 0.1) is 18.7 Å². The molecule has 3 aromatic carbocycles. The van der Waals surface area contributed by atoms with Crippen LogP contribution in [0.4, 0.5) is 9.52 Å². The van der Waals surface area contributed by atoms with Crippen molar-refractivity contribution in [2.75, 3.05) is 12.0 Å². The molecule has 0 spiro atoms. The third kappa shape index (κ3) is 5.30. The molecule has 10 heteroatoms. The van der Waals surface area contributed by atoms with Crippen molar-refractivity contribution in [1.82, 2.24) is 10.2 Å². The largest absolute Gasteiger partial charge is 0.507 e. The summed E-state index contributed by atoms with van der Waals surface area (Å²) in [6.07, 6.45) is 0. The summed E-state index contributed by atoms with van der Waals surface area (Å²) < 4.78 is 19.2. The quantitative estimate of drug-likeness (QED) is 0.0941. The summed E-state index contributed by atoms with van der Waals surface area (Å²) in [4.78, 5) is 28.2. The van der Waals surface area contributed by atoms with Gasteiger partial charge in [0.1, 0.15) is 17.3 Å². The van der Waals surface area contributed by atoms with E-state index in [1.165, 1.54) is 47.2 Å². The van der Waals surface area contributed by atoms with E-state index in [1.54, 1.807) is 42.5 Å². The second-order valence-electron chi connectivity index (χ2n) is 9.03. The van der Waals surface area contributed by atoms with Crippen LogP contribution in [-0.2, 0) is 15.3 Å². The van der Waals surface area contributed by atoms with Crippen molar-refractivity contribution in [1.29, 1.82) is 0 Å². The standard InChI is InChI=1S/C29H24FN3O4S2/c1-16-7-8-17(2)22(13-16)25(34)23-24(19-5-4-6-21(14-19)37-3)33(27(36)26(23)35)28-31-32-29(39-28)38-15-18-9-11-20(30)12-10-18/h4-14,24,34H,15H2,1-3H3/b25-23+. The Morgan fingerprint density at radius 2 is 1.85 bits per heavy atom. The van der Waals surface area contributed by atoms with Gasteiger partial charge < -0.3 is 9.84 Å². The van der Waals surface area contributed by atoms with Gasteiger partial charge in [-0.2, -0.15) is 0 Å². The molecule has 0 saturated carbocycles. The van der Waals surface area contributed by atoms with Crippen molar-refractivity contribution in [3.05, 3.63) is 106 Å². The number of benzene rings is 3. The Morgan fingerprint density at radius 1 is 1.08 bits per heavy atom. The molecule has 2 heterocycles. The van der Waals surface area contributed by atoms with Crippen molar-refractivity contribution in [2.45, 2.75) is 30.0 Å². The number of Topliss-reactive ketones (excluding diaryl/α,β-unsaturated/α-hetero) is 1. The molecular weight excluding hydrogens is 537 g/mol. The van der Waals surface area contributed by atoms with Crippen LogP contribution in [0.1, 0.15) is 33.9 Å². The molecule has 1 saturated heterocycles. The Kier molecular flexibility index (Phi) is 7.49. The van der Waals surface area contributed by atoms with Crippen LogP contribution in [0.25, 0.3) is 5.76 Å². The Labute approximate surface area is 233 Å². The van der Waals surface area contributed by atoms with Gasteiger partial charge in [-0.3, -0.25) is 14.5 Å². The molecule has 4 aromatic rings. The van der Waals surface area contributed by atoms with Crippen molar-refractivity contribution in [3.63, 3.8) is 0 Å². The summed E-state index contributed by atoms with van der Waals surface area (Å²) in [6, 6.07) is 17.8. The number of amides is 1. The molecule has 198 valence electrons. The van der Waals surface area contributed by atoms with E-state index < -0.39 is 17.7 Å². The smallest absolute Gasteiger partial charge is 0.301 e. The first-order valence-electron chi connectivity index (χ1n) is 12.0. The van der Waals surface area contributed by atoms with Gasteiger partial charge in [-0.15, -0.1) is 10.2 Å². The average molecular weight is 562 g/mol. The first-order chi connectivity index (χ1) is 18.8. The number of ether oxygens (including phenoxy) is 1. The number of carbonyl (C=O) groups excluding carboxylic acids is 2. The van der Waals surface area contributed by atoms with E-state index in [1.807, 2.05) is 26.0 Å². The van der Waals surface area contributed by atoms with Crippen LogP contribution in [0, 0.1) is 19.7 Å². The maximum Gasteiger partial charge on any atom is 0.301 e. The highest BCUT2D eigenvalue weighted by atomic mass is 32.2. The number of aliphatic hydroxyl groups is 1. The second kappa shape index (κ2) is 11.0. The molecule has 1 aliphatic heterocycles. The molecular formula is C29H24FN3O4S2. The summed E-state index contributed by atoms with van der Waals surface area (Å²) in [6.45, 7) is 3.72. The molecule has 1 amide bonds. The summed E-state index contributed by atoms with van der Waals surface area (Å²) in [5.41, 5.74) is 3.61. The van der Waals surface area contributed by atoms with E-state index in [2.05, 4.69) is 10.2 Å². The number of hydrogen-bond acceptors (Lipinski definition) is 8.